The molecule has 0 radical (unpaired) electrons. The van der Waals surface area contributed by atoms with Crippen molar-refractivity contribution < 1.29 is 9.90 Å². The second-order valence-electron chi connectivity index (χ2n) is 4.27. The van der Waals surface area contributed by atoms with Crippen molar-refractivity contribution >= 4 is 23.2 Å². The second kappa shape index (κ2) is 5.39. The summed E-state index contributed by atoms with van der Waals surface area (Å²) >= 11 is 0. The molecule has 0 spiro atoms. The number of hydrogen-bond donors (Lipinski definition) is 2. The number of aromatic nitrogens is 1. The zero-order valence-electron chi connectivity index (χ0n) is 10.8. The first-order valence-electron chi connectivity index (χ1n) is 5.80. The van der Waals surface area contributed by atoms with Crippen molar-refractivity contribution in [2.45, 2.75) is 0 Å². The van der Waals surface area contributed by atoms with Crippen LogP contribution in [0.3, 0.4) is 0 Å². The highest BCUT2D eigenvalue weighted by Gasteiger charge is 2.06. The van der Waals surface area contributed by atoms with E-state index in [0.717, 1.165) is 11.4 Å². The fourth-order valence-corrected chi connectivity index (χ4v) is 1.70. The van der Waals surface area contributed by atoms with Crippen molar-refractivity contribution in [3.63, 3.8) is 0 Å². The van der Waals surface area contributed by atoms with Gasteiger partial charge in [0.1, 0.15) is 5.82 Å². The van der Waals surface area contributed by atoms with Crippen molar-refractivity contribution in [3.05, 3.63) is 48.2 Å². The van der Waals surface area contributed by atoms with Gasteiger partial charge in [-0.15, -0.1) is 0 Å². The van der Waals surface area contributed by atoms with Gasteiger partial charge in [0, 0.05) is 20.3 Å². The van der Waals surface area contributed by atoms with Crippen LogP contribution in [0.15, 0.2) is 42.6 Å². The molecule has 0 aliphatic heterocycles. The van der Waals surface area contributed by atoms with E-state index < -0.39 is 5.97 Å². The third-order valence-electron chi connectivity index (χ3n) is 2.66. The maximum absolute atomic E-state index is 10.7. The summed E-state index contributed by atoms with van der Waals surface area (Å²) in [7, 11) is 3.92. The van der Waals surface area contributed by atoms with Crippen LogP contribution in [0.4, 0.5) is 17.2 Å². The minimum Gasteiger partial charge on any atom is -0.478 e. The predicted molar refractivity (Wildman–Crippen MR) is 75.2 cm³/mol. The molecule has 0 amide bonds. The molecule has 2 N–H and O–H groups in total. The number of carbonyl (C=O) groups is 1. The maximum atomic E-state index is 10.7. The van der Waals surface area contributed by atoms with Gasteiger partial charge in [0.05, 0.1) is 16.9 Å². The lowest BCUT2D eigenvalue weighted by Gasteiger charge is -2.17. The Morgan fingerprint density at radius 3 is 2.53 bits per heavy atom. The zero-order chi connectivity index (χ0) is 13.8. The average Bonchev–Trinajstić information content (AvgIpc) is 2.39. The van der Waals surface area contributed by atoms with Crippen LogP contribution in [0.5, 0.6) is 0 Å². The Balaban J connectivity index is 2.24. The molecule has 2 rings (SSSR count). The number of para-hydroxylation sites is 2. The predicted octanol–water partition coefficient (Wildman–Crippen LogP) is 2.59. The van der Waals surface area contributed by atoms with E-state index in [2.05, 4.69) is 10.3 Å². The summed E-state index contributed by atoms with van der Waals surface area (Å²) in [5, 5.41) is 12.0. The number of rotatable bonds is 4. The number of benzene rings is 1. The molecule has 19 heavy (non-hydrogen) atoms. The van der Waals surface area contributed by atoms with Crippen molar-refractivity contribution in [2.75, 3.05) is 24.3 Å². The second-order valence-corrected chi connectivity index (χ2v) is 4.27. The number of pyridine rings is 1. The number of anilines is 3. The molecule has 2 aromatic rings. The Morgan fingerprint density at radius 2 is 1.95 bits per heavy atom. The molecule has 1 aromatic carbocycles. The van der Waals surface area contributed by atoms with E-state index in [1.54, 1.807) is 6.07 Å². The quantitative estimate of drug-likeness (QED) is 0.881. The zero-order valence-corrected chi connectivity index (χ0v) is 10.8. The highest BCUT2D eigenvalue weighted by atomic mass is 16.4. The summed E-state index contributed by atoms with van der Waals surface area (Å²) in [6, 6.07) is 11.0. The molecule has 1 aromatic heterocycles. The lowest BCUT2D eigenvalue weighted by Crippen LogP contribution is -2.11. The van der Waals surface area contributed by atoms with Gasteiger partial charge in [-0.05, 0) is 24.3 Å². The lowest BCUT2D eigenvalue weighted by molar-refractivity contribution is 0.0696. The smallest absolute Gasteiger partial charge is 0.337 e. The molecule has 5 heteroatoms. The summed E-state index contributed by atoms with van der Waals surface area (Å²) in [5.74, 6) is -0.368. The lowest BCUT2D eigenvalue weighted by atomic mass is 10.2. The number of carboxylic acids is 1. The first-order chi connectivity index (χ1) is 9.08. The minimum absolute atomic E-state index is 0.173. The number of nitrogens with zero attached hydrogens (tertiary/aromatic N) is 2. The normalized spacial score (nSPS) is 10.0. The molecule has 0 bridgehead atoms. The topological polar surface area (TPSA) is 65.5 Å². The highest BCUT2D eigenvalue weighted by molar-refractivity contribution is 5.87. The van der Waals surface area contributed by atoms with Crippen molar-refractivity contribution in [1.29, 1.82) is 0 Å². The first kappa shape index (κ1) is 12.9. The number of carboxylic acid groups (broad SMARTS) is 1. The van der Waals surface area contributed by atoms with E-state index in [9.17, 15) is 4.79 Å². The fraction of sp³-hybridized carbons (Fsp3) is 0.143. The molecule has 0 fully saturated rings. The van der Waals surface area contributed by atoms with Gasteiger partial charge < -0.3 is 15.3 Å². The van der Waals surface area contributed by atoms with Crippen LogP contribution in [0.25, 0.3) is 0 Å². The van der Waals surface area contributed by atoms with Crippen molar-refractivity contribution in [3.8, 4) is 0 Å². The van der Waals surface area contributed by atoms with Crippen LogP contribution in [0.1, 0.15) is 10.4 Å². The third kappa shape index (κ3) is 3.01. The Labute approximate surface area is 111 Å². The van der Waals surface area contributed by atoms with E-state index in [1.165, 1.54) is 12.3 Å². The highest BCUT2D eigenvalue weighted by Crippen LogP contribution is 2.26. The fourth-order valence-electron chi connectivity index (χ4n) is 1.70. The van der Waals surface area contributed by atoms with Crippen LogP contribution in [-0.2, 0) is 0 Å². The summed E-state index contributed by atoms with van der Waals surface area (Å²) in [6.45, 7) is 0. The number of aromatic carboxylic acids is 1. The Bertz CT molecular complexity index is 579. The summed E-state index contributed by atoms with van der Waals surface area (Å²) in [4.78, 5) is 16.8. The Morgan fingerprint density at radius 1 is 1.21 bits per heavy atom. The molecular formula is C14H15N3O2. The molecule has 1 heterocycles. The monoisotopic (exact) mass is 257 g/mol. The van der Waals surface area contributed by atoms with Gasteiger partial charge in [0.25, 0.3) is 0 Å². The van der Waals surface area contributed by atoms with Crippen molar-refractivity contribution in [1.82, 2.24) is 4.98 Å². The number of nitrogens with one attached hydrogen (secondary N) is 1. The van der Waals surface area contributed by atoms with Crippen molar-refractivity contribution in [2.24, 2.45) is 0 Å². The molecule has 0 saturated heterocycles. The Kier molecular flexibility index (Phi) is 3.66. The molecule has 0 unspecified atom stereocenters. The summed E-state index contributed by atoms with van der Waals surface area (Å²) in [5.41, 5.74) is 2.13. The van der Waals surface area contributed by atoms with Gasteiger partial charge in [-0.1, -0.05) is 12.1 Å². The largest absolute Gasteiger partial charge is 0.478 e. The molecule has 98 valence electrons. The van der Waals surface area contributed by atoms with Gasteiger partial charge in [-0.25, -0.2) is 9.78 Å². The van der Waals surface area contributed by atoms with Gasteiger partial charge in [-0.2, -0.15) is 0 Å². The van der Waals surface area contributed by atoms with Crippen LogP contribution in [0, 0.1) is 0 Å². The summed E-state index contributed by atoms with van der Waals surface area (Å²) in [6.07, 6.45) is 1.34. The van der Waals surface area contributed by atoms with Crippen LogP contribution >= 0.6 is 0 Å². The van der Waals surface area contributed by atoms with Gasteiger partial charge >= 0.3 is 5.97 Å². The molecule has 0 atom stereocenters. The Hall–Kier alpha value is -2.56. The van der Waals surface area contributed by atoms with E-state index in [4.69, 9.17) is 5.11 Å². The first-order valence-corrected chi connectivity index (χ1v) is 5.80. The molecule has 5 nitrogen and oxygen atoms in total. The molecule has 0 aliphatic carbocycles. The van der Waals surface area contributed by atoms with E-state index in [-0.39, 0.29) is 5.56 Å². The minimum atomic E-state index is -0.979. The van der Waals surface area contributed by atoms with E-state index >= 15 is 0 Å². The SMILES string of the molecule is CN(C)c1ccccc1Nc1ccc(C(=O)O)cn1. The van der Waals surface area contributed by atoms with Gasteiger partial charge in [-0.3, -0.25) is 0 Å². The van der Waals surface area contributed by atoms with Gasteiger partial charge in [0.15, 0.2) is 0 Å². The van der Waals surface area contributed by atoms with Crippen LogP contribution < -0.4 is 10.2 Å². The van der Waals surface area contributed by atoms with Gasteiger partial charge in [0.2, 0.25) is 0 Å². The maximum Gasteiger partial charge on any atom is 0.337 e. The summed E-state index contributed by atoms with van der Waals surface area (Å²) < 4.78 is 0. The third-order valence-corrected chi connectivity index (χ3v) is 2.66. The van der Waals surface area contributed by atoms with E-state index in [0.29, 0.717) is 5.82 Å². The molecule has 0 saturated carbocycles. The van der Waals surface area contributed by atoms with Crippen LogP contribution in [-0.4, -0.2) is 30.2 Å². The molecule has 0 aliphatic rings. The standard InChI is InChI=1S/C14H15N3O2/c1-17(2)12-6-4-3-5-11(12)16-13-8-7-10(9-15-13)14(18)19/h3-9H,1-2H3,(H,15,16)(H,18,19). The van der Waals surface area contributed by atoms with E-state index in [1.807, 2.05) is 43.3 Å². The average molecular weight is 257 g/mol. The van der Waals surface area contributed by atoms with Crippen LogP contribution in [0.2, 0.25) is 0 Å². The molecular weight excluding hydrogens is 242 g/mol. The number of hydrogen-bond acceptors (Lipinski definition) is 4.